The first-order valence-corrected chi connectivity index (χ1v) is 7.20. The van der Waals surface area contributed by atoms with Crippen molar-refractivity contribution >= 4 is 11.6 Å². The summed E-state index contributed by atoms with van der Waals surface area (Å²) in [5.74, 6) is -0.314. The van der Waals surface area contributed by atoms with Gasteiger partial charge in [0.2, 0.25) is 0 Å². The van der Waals surface area contributed by atoms with Gasteiger partial charge in [-0.05, 0) is 31.6 Å². The van der Waals surface area contributed by atoms with Crippen LogP contribution in [0.2, 0.25) is 0 Å². The lowest BCUT2D eigenvalue weighted by atomic mass is 9.55. The molecule has 0 aromatic heterocycles. The highest BCUT2D eigenvalue weighted by atomic mass is 16.3. The van der Waals surface area contributed by atoms with E-state index in [2.05, 4.69) is 0 Å². The van der Waals surface area contributed by atoms with E-state index in [1.807, 2.05) is 20.8 Å². The van der Waals surface area contributed by atoms with Crippen LogP contribution in [0.1, 0.15) is 52.9 Å². The molecule has 5 atom stereocenters. The Morgan fingerprint density at radius 1 is 1.33 bits per heavy atom. The molecule has 0 bridgehead atoms. The summed E-state index contributed by atoms with van der Waals surface area (Å²) in [6.45, 7) is 5.79. The molecule has 0 amide bonds. The lowest BCUT2D eigenvalue weighted by Gasteiger charge is -2.51. The van der Waals surface area contributed by atoms with E-state index in [-0.39, 0.29) is 29.3 Å². The van der Waals surface area contributed by atoms with Crippen LogP contribution in [0.4, 0.5) is 0 Å². The molecule has 0 unspecified atom stereocenters. The highest BCUT2D eigenvalue weighted by molar-refractivity contribution is 5.92. The molecule has 3 nitrogen and oxygen atoms in total. The number of carbonyl (C=O) groups is 2. The largest absolute Gasteiger partial charge is 0.389 e. The molecule has 2 saturated carbocycles. The number of hydrogen-bond donors (Lipinski definition) is 1. The Kier molecular flexibility index (Phi) is 3.63. The molecule has 2 rings (SSSR count). The van der Waals surface area contributed by atoms with Gasteiger partial charge < -0.3 is 5.11 Å². The smallest absolute Gasteiger partial charge is 0.142 e. The maximum absolute atomic E-state index is 12.4. The molecule has 2 fully saturated rings. The lowest BCUT2D eigenvalue weighted by Crippen LogP contribution is -2.59. The molecule has 0 spiro atoms. The SMILES string of the molecule is CCC(=O)[C@@H]1CC[C@H](C)[C@]2(O)CC[C@H](C)C(=O)[C@@H]12. The zero-order valence-electron chi connectivity index (χ0n) is 11.6. The Hall–Kier alpha value is -0.700. The zero-order chi connectivity index (χ0) is 13.5. The van der Waals surface area contributed by atoms with Crippen molar-refractivity contribution < 1.29 is 14.7 Å². The topological polar surface area (TPSA) is 54.4 Å². The van der Waals surface area contributed by atoms with Crippen molar-refractivity contribution in [1.29, 1.82) is 0 Å². The summed E-state index contributed by atoms with van der Waals surface area (Å²) >= 11 is 0. The second-order valence-electron chi connectivity index (χ2n) is 6.22. The average molecular weight is 252 g/mol. The van der Waals surface area contributed by atoms with Crippen LogP contribution in [-0.4, -0.2) is 22.3 Å². The first-order chi connectivity index (χ1) is 8.41. The predicted molar refractivity (Wildman–Crippen MR) is 69.0 cm³/mol. The third-order valence-electron chi connectivity index (χ3n) is 5.24. The van der Waals surface area contributed by atoms with E-state index >= 15 is 0 Å². The van der Waals surface area contributed by atoms with E-state index in [1.165, 1.54) is 0 Å². The van der Waals surface area contributed by atoms with Gasteiger partial charge in [0.25, 0.3) is 0 Å². The van der Waals surface area contributed by atoms with Crippen molar-refractivity contribution in [3.8, 4) is 0 Å². The van der Waals surface area contributed by atoms with Crippen LogP contribution in [-0.2, 0) is 9.59 Å². The van der Waals surface area contributed by atoms with E-state index < -0.39 is 11.5 Å². The fourth-order valence-corrected chi connectivity index (χ4v) is 3.85. The fourth-order valence-electron chi connectivity index (χ4n) is 3.85. The zero-order valence-corrected chi connectivity index (χ0v) is 11.6. The Morgan fingerprint density at radius 2 is 2.00 bits per heavy atom. The van der Waals surface area contributed by atoms with Crippen molar-refractivity contribution in [2.75, 3.05) is 0 Å². The quantitative estimate of drug-likeness (QED) is 0.820. The number of carbonyl (C=O) groups excluding carboxylic acids is 2. The van der Waals surface area contributed by atoms with Gasteiger partial charge in [-0.3, -0.25) is 9.59 Å². The molecule has 3 heteroatoms. The van der Waals surface area contributed by atoms with Gasteiger partial charge in [0.05, 0.1) is 11.5 Å². The Balaban J connectivity index is 2.36. The van der Waals surface area contributed by atoms with Crippen molar-refractivity contribution in [2.24, 2.45) is 23.7 Å². The predicted octanol–water partition coefficient (Wildman–Crippen LogP) is 2.36. The van der Waals surface area contributed by atoms with Crippen LogP contribution >= 0.6 is 0 Å². The Bertz CT molecular complexity index is 363. The molecule has 102 valence electrons. The molecule has 18 heavy (non-hydrogen) atoms. The number of hydrogen-bond acceptors (Lipinski definition) is 3. The molecule has 0 aromatic rings. The van der Waals surface area contributed by atoms with Gasteiger partial charge in [0.15, 0.2) is 0 Å². The minimum absolute atomic E-state index is 0.00673. The van der Waals surface area contributed by atoms with E-state index in [9.17, 15) is 14.7 Å². The molecule has 0 aromatic carbocycles. The maximum Gasteiger partial charge on any atom is 0.142 e. The van der Waals surface area contributed by atoms with Crippen LogP contribution in [0.5, 0.6) is 0 Å². The highest BCUT2D eigenvalue weighted by Crippen LogP contribution is 2.49. The van der Waals surface area contributed by atoms with E-state index in [4.69, 9.17) is 0 Å². The van der Waals surface area contributed by atoms with E-state index in [0.717, 1.165) is 19.3 Å². The summed E-state index contributed by atoms with van der Waals surface area (Å²) in [5.41, 5.74) is -0.933. The van der Waals surface area contributed by atoms with Gasteiger partial charge in [-0.2, -0.15) is 0 Å². The van der Waals surface area contributed by atoms with Gasteiger partial charge in [-0.25, -0.2) is 0 Å². The molecule has 0 heterocycles. The minimum Gasteiger partial charge on any atom is -0.389 e. The first kappa shape index (κ1) is 13.7. The summed E-state index contributed by atoms with van der Waals surface area (Å²) in [6, 6.07) is 0. The first-order valence-electron chi connectivity index (χ1n) is 7.20. The normalized spacial score (nSPS) is 44.6. The summed E-state index contributed by atoms with van der Waals surface area (Å²) < 4.78 is 0. The maximum atomic E-state index is 12.4. The molecule has 0 aliphatic heterocycles. The monoisotopic (exact) mass is 252 g/mol. The molecule has 2 aliphatic rings. The van der Waals surface area contributed by atoms with Crippen LogP contribution in [0.3, 0.4) is 0 Å². The summed E-state index contributed by atoms with van der Waals surface area (Å²) in [5, 5.41) is 10.9. The second kappa shape index (κ2) is 4.76. The van der Waals surface area contributed by atoms with E-state index in [0.29, 0.717) is 12.8 Å². The number of fused-ring (bicyclic) bond motifs is 1. The minimum atomic E-state index is -0.933. The van der Waals surface area contributed by atoms with Crippen LogP contribution < -0.4 is 0 Å². The van der Waals surface area contributed by atoms with Crippen LogP contribution in [0, 0.1) is 23.7 Å². The van der Waals surface area contributed by atoms with Crippen LogP contribution in [0.15, 0.2) is 0 Å². The van der Waals surface area contributed by atoms with Crippen LogP contribution in [0.25, 0.3) is 0 Å². The number of ketones is 2. The molecule has 2 aliphatic carbocycles. The van der Waals surface area contributed by atoms with E-state index in [1.54, 1.807) is 0 Å². The second-order valence-corrected chi connectivity index (χ2v) is 6.22. The van der Waals surface area contributed by atoms with Crippen molar-refractivity contribution in [2.45, 2.75) is 58.5 Å². The third-order valence-corrected chi connectivity index (χ3v) is 5.24. The Labute approximate surface area is 109 Å². The van der Waals surface area contributed by atoms with Crippen molar-refractivity contribution in [1.82, 2.24) is 0 Å². The van der Waals surface area contributed by atoms with Crippen molar-refractivity contribution in [3.05, 3.63) is 0 Å². The summed E-state index contributed by atoms with van der Waals surface area (Å²) in [6.07, 6.45) is 3.50. The molecular formula is C15H24O3. The summed E-state index contributed by atoms with van der Waals surface area (Å²) in [7, 11) is 0. The number of Topliss-reactive ketones (excluding diaryl/α,β-unsaturated/α-hetero) is 2. The molecule has 0 saturated heterocycles. The van der Waals surface area contributed by atoms with Crippen molar-refractivity contribution in [3.63, 3.8) is 0 Å². The third kappa shape index (κ3) is 1.93. The standard InChI is InChI=1S/C15H24O3/c1-4-12(16)11-6-5-10(3)15(18)8-7-9(2)14(17)13(11)15/h9-11,13,18H,4-8H2,1-3H3/t9-,10-,11-,13+,15+/m0/s1. The number of aliphatic hydroxyl groups is 1. The average Bonchev–Trinajstić information content (AvgIpc) is 2.36. The molecule has 1 N–H and O–H groups in total. The lowest BCUT2D eigenvalue weighted by molar-refractivity contribution is -0.171. The molecule has 0 radical (unpaired) electrons. The fraction of sp³-hybridized carbons (Fsp3) is 0.867. The van der Waals surface area contributed by atoms with Gasteiger partial charge >= 0.3 is 0 Å². The van der Waals surface area contributed by atoms with Gasteiger partial charge in [-0.15, -0.1) is 0 Å². The Morgan fingerprint density at radius 3 is 2.61 bits per heavy atom. The van der Waals surface area contributed by atoms with Gasteiger partial charge in [0.1, 0.15) is 11.6 Å². The molecular weight excluding hydrogens is 228 g/mol. The number of rotatable bonds is 2. The van der Waals surface area contributed by atoms with Gasteiger partial charge in [-0.1, -0.05) is 20.8 Å². The summed E-state index contributed by atoms with van der Waals surface area (Å²) in [4.78, 5) is 24.5. The highest BCUT2D eigenvalue weighted by Gasteiger charge is 2.56. The van der Waals surface area contributed by atoms with Gasteiger partial charge in [0, 0.05) is 18.3 Å².